The molecule has 1 aromatic carbocycles. The summed E-state index contributed by atoms with van der Waals surface area (Å²) < 4.78 is 15.7. The molecule has 2 aromatic rings. The lowest BCUT2D eigenvalue weighted by Gasteiger charge is -2.15. The predicted molar refractivity (Wildman–Crippen MR) is 86.3 cm³/mol. The van der Waals surface area contributed by atoms with Crippen molar-refractivity contribution in [1.82, 2.24) is 10.5 Å². The lowest BCUT2D eigenvalue weighted by Crippen LogP contribution is -2.28. The van der Waals surface area contributed by atoms with Gasteiger partial charge in [0, 0.05) is 18.0 Å². The van der Waals surface area contributed by atoms with Gasteiger partial charge in [0.05, 0.1) is 19.9 Å². The Labute approximate surface area is 135 Å². The molecule has 1 aromatic heterocycles. The summed E-state index contributed by atoms with van der Waals surface area (Å²) in [5.74, 6) is 1.58. The summed E-state index contributed by atoms with van der Waals surface area (Å²) in [4.78, 5) is 12.5. The van der Waals surface area contributed by atoms with Gasteiger partial charge in [-0.05, 0) is 26.0 Å². The fourth-order valence-corrected chi connectivity index (χ4v) is 2.70. The smallest absolute Gasteiger partial charge is 0.258 e. The van der Waals surface area contributed by atoms with E-state index in [-0.39, 0.29) is 11.8 Å². The maximum Gasteiger partial charge on any atom is 0.258 e. The van der Waals surface area contributed by atoms with Crippen LogP contribution in [0.1, 0.15) is 40.2 Å². The van der Waals surface area contributed by atoms with E-state index in [2.05, 4.69) is 10.5 Å². The Morgan fingerprint density at radius 3 is 2.35 bits per heavy atom. The second kappa shape index (κ2) is 7.17. The van der Waals surface area contributed by atoms with Gasteiger partial charge in [-0.2, -0.15) is 0 Å². The summed E-state index contributed by atoms with van der Waals surface area (Å²) >= 11 is 0. The topological polar surface area (TPSA) is 73.6 Å². The van der Waals surface area contributed by atoms with Crippen molar-refractivity contribution in [2.45, 2.75) is 26.7 Å². The second-order valence-electron chi connectivity index (χ2n) is 5.39. The first kappa shape index (κ1) is 16.9. The van der Waals surface area contributed by atoms with Gasteiger partial charge in [0.2, 0.25) is 0 Å². The highest BCUT2D eigenvalue weighted by molar-refractivity contribution is 5.99. The number of amides is 1. The van der Waals surface area contributed by atoms with Crippen molar-refractivity contribution in [3.8, 4) is 11.5 Å². The molecular formula is C17H22N2O4. The van der Waals surface area contributed by atoms with Crippen molar-refractivity contribution < 1.29 is 18.8 Å². The number of hydrogen-bond acceptors (Lipinski definition) is 5. The van der Waals surface area contributed by atoms with Crippen LogP contribution in [0.4, 0.5) is 0 Å². The van der Waals surface area contributed by atoms with E-state index in [9.17, 15) is 4.79 Å². The Morgan fingerprint density at radius 2 is 1.87 bits per heavy atom. The van der Waals surface area contributed by atoms with Crippen LogP contribution in [0.2, 0.25) is 0 Å². The number of carbonyl (C=O) groups excluding carboxylic acids is 1. The molecule has 1 heterocycles. The van der Waals surface area contributed by atoms with Crippen molar-refractivity contribution in [2.75, 3.05) is 20.8 Å². The van der Waals surface area contributed by atoms with Gasteiger partial charge >= 0.3 is 0 Å². The van der Waals surface area contributed by atoms with Gasteiger partial charge in [0.15, 0.2) is 0 Å². The lowest BCUT2D eigenvalue weighted by molar-refractivity contribution is 0.0945. The largest absolute Gasteiger partial charge is 0.496 e. The third-order valence-electron chi connectivity index (χ3n) is 3.81. The molecule has 0 aliphatic carbocycles. The van der Waals surface area contributed by atoms with E-state index in [0.29, 0.717) is 23.6 Å². The van der Waals surface area contributed by atoms with Crippen LogP contribution < -0.4 is 14.8 Å². The molecule has 1 N–H and O–H groups in total. The Morgan fingerprint density at radius 1 is 1.26 bits per heavy atom. The molecule has 6 heteroatoms. The summed E-state index contributed by atoms with van der Waals surface area (Å²) in [6, 6.07) is 5.24. The molecule has 2 rings (SSSR count). The van der Waals surface area contributed by atoms with Crippen LogP contribution in [0.5, 0.6) is 11.5 Å². The minimum Gasteiger partial charge on any atom is -0.496 e. The fraction of sp³-hybridized carbons (Fsp3) is 0.412. The van der Waals surface area contributed by atoms with Crippen LogP contribution in [0.15, 0.2) is 22.7 Å². The van der Waals surface area contributed by atoms with Crippen LogP contribution in [0, 0.1) is 13.8 Å². The third-order valence-corrected chi connectivity index (χ3v) is 3.81. The number of nitrogens with one attached hydrogen (secondary N) is 1. The van der Waals surface area contributed by atoms with Crippen LogP contribution in [-0.2, 0) is 0 Å². The second-order valence-corrected chi connectivity index (χ2v) is 5.39. The van der Waals surface area contributed by atoms with Crippen LogP contribution >= 0.6 is 0 Å². The zero-order valence-corrected chi connectivity index (χ0v) is 14.1. The van der Waals surface area contributed by atoms with E-state index in [0.717, 1.165) is 17.0 Å². The van der Waals surface area contributed by atoms with Gasteiger partial charge in [-0.3, -0.25) is 4.79 Å². The number of rotatable bonds is 6. The van der Waals surface area contributed by atoms with Gasteiger partial charge < -0.3 is 19.3 Å². The highest BCUT2D eigenvalue weighted by atomic mass is 16.5. The number of nitrogens with zero attached hydrogens (tertiary/aromatic N) is 1. The molecule has 124 valence electrons. The van der Waals surface area contributed by atoms with Crippen molar-refractivity contribution in [3.05, 3.63) is 40.8 Å². The number of methoxy groups -OCH3 is 2. The van der Waals surface area contributed by atoms with Crippen molar-refractivity contribution in [2.24, 2.45) is 0 Å². The first-order valence-corrected chi connectivity index (χ1v) is 7.41. The quantitative estimate of drug-likeness (QED) is 0.886. The van der Waals surface area contributed by atoms with Gasteiger partial charge in [-0.1, -0.05) is 18.1 Å². The molecule has 0 saturated heterocycles. The number of carbonyl (C=O) groups is 1. The van der Waals surface area contributed by atoms with Crippen molar-refractivity contribution in [1.29, 1.82) is 0 Å². The Bertz CT molecular complexity index is 652. The molecular weight excluding hydrogens is 296 g/mol. The molecule has 0 aliphatic heterocycles. The number of aromatic nitrogens is 1. The predicted octanol–water partition coefficient (Wildman–Crippen LogP) is 2.84. The summed E-state index contributed by atoms with van der Waals surface area (Å²) in [5.41, 5.74) is 2.26. The number of benzene rings is 1. The Kier molecular flexibility index (Phi) is 5.26. The molecule has 1 amide bonds. The molecule has 0 aliphatic rings. The summed E-state index contributed by atoms with van der Waals surface area (Å²) in [6.07, 6.45) is 0. The normalized spacial score (nSPS) is 11.9. The summed E-state index contributed by atoms with van der Waals surface area (Å²) in [7, 11) is 3.05. The number of aryl methyl sites for hydroxylation is 2. The first-order chi connectivity index (χ1) is 11.0. The molecule has 0 radical (unpaired) electrons. The average Bonchev–Trinajstić information content (AvgIpc) is 2.90. The van der Waals surface area contributed by atoms with Crippen LogP contribution in [0.3, 0.4) is 0 Å². The Hall–Kier alpha value is -2.50. The molecule has 0 unspecified atom stereocenters. The van der Waals surface area contributed by atoms with Gasteiger partial charge in [-0.15, -0.1) is 0 Å². The molecule has 1 atom stereocenters. The lowest BCUT2D eigenvalue weighted by atomic mass is 9.99. The summed E-state index contributed by atoms with van der Waals surface area (Å²) in [5, 5.41) is 6.87. The van der Waals surface area contributed by atoms with Crippen LogP contribution in [0.25, 0.3) is 0 Å². The maximum atomic E-state index is 12.5. The molecule has 6 nitrogen and oxygen atoms in total. The van der Waals surface area contributed by atoms with E-state index in [1.807, 2.05) is 20.8 Å². The first-order valence-electron chi connectivity index (χ1n) is 7.41. The number of hydrogen-bond donors (Lipinski definition) is 1. The highest BCUT2D eigenvalue weighted by Crippen LogP contribution is 2.28. The van der Waals surface area contributed by atoms with Gasteiger partial charge in [0.1, 0.15) is 22.8 Å². The minimum atomic E-state index is -0.238. The molecule has 0 fully saturated rings. The Balaban J connectivity index is 2.14. The fourth-order valence-electron chi connectivity index (χ4n) is 2.70. The van der Waals surface area contributed by atoms with E-state index < -0.39 is 0 Å². The summed E-state index contributed by atoms with van der Waals surface area (Å²) in [6.45, 7) is 6.25. The van der Waals surface area contributed by atoms with Crippen LogP contribution in [-0.4, -0.2) is 31.8 Å². The maximum absolute atomic E-state index is 12.5. The highest BCUT2D eigenvalue weighted by Gasteiger charge is 2.21. The van der Waals surface area contributed by atoms with E-state index in [4.69, 9.17) is 14.0 Å². The van der Waals surface area contributed by atoms with E-state index >= 15 is 0 Å². The SMILES string of the molecule is COc1cccc(OC)c1C(=O)NC[C@H](C)c1c(C)noc1C. The van der Waals surface area contributed by atoms with Crippen molar-refractivity contribution in [3.63, 3.8) is 0 Å². The number of ether oxygens (including phenoxy) is 2. The standard InChI is InChI=1S/C17H22N2O4/c1-10(15-11(2)19-23-12(15)3)9-18-17(20)16-13(21-4)7-6-8-14(16)22-5/h6-8,10H,9H2,1-5H3,(H,18,20)/t10-/m0/s1. The molecule has 0 bridgehead atoms. The monoisotopic (exact) mass is 318 g/mol. The van der Waals surface area contributed by atoms with Crippen molar-refractivity contribution >= 4 is 5.91 Å². The van der Waals surface area contributed by atoms with E-state index in [1.54, 1.807) is 18.2 Å². The minimum absolute atomic E-state index is 0.0888. The molecule has 0 spiro atoms. The average molecular weight is 318 g/mol. The molecule has 23 heavy (non-hydrogen) atoms. The van der Waals surface area contributed by atoms with Gasteiger partial charge in [0.25, 0.3) is 5.91 Å². The zero-order chi connectivity index (χ0) is 17.0. The van der Waals surface area contributed by atoms with Gasteiger partial charge in [-0.25, -0.2) is 0 Å². The van der Waals surface area contributed by atoms with E-state index in [1.165, 1.54) is 14.2 Å². The third kappa shape index (κ3) is 3.47. The molecule has 0 saturated carbocycles. The zero-order valence-electron chi connectivity index (χ0n) is 14.1.